The van der Waals surface area contributed by atoms with Gasteiger partial charge in [-0.3, -0.25) is 4.79 Å². The van der Waals surface area contributed by atoms with Crippen molar-refractivity contribution in [3.05, 3.63) is 29.8 Å². The largest absolute Gasteiger partial charge is 0.497 e. The lowest BCUT2D eigenvalue weighted by molar-refractivity contribution is -0.146. The van der Waals surface area contributed by atoms with Crippen LogP contribution < -0.4 is 10.1 Å². The average Bonchev–Trinajstić information content (AvgIpc) is 3.36. The minimum absolute atomic E-state index is 0.0192. The summed E-state index contributed by atoms with van der Waals surface area (Å²) in [5.41, 5.74) is 1.32. The summed E-state index contributed by atoms with van der Waals surface area (Å²) in [6.45, 7) is 6.08. The summed E-state index contributed by atoms with van der Waals surface area (Å²) in [4.78, 5) is 12.7. The van der Waals surface area contributed by atoms with Crippen molar-refractivity contribution in [2.45, 2.75) is 63.9 Å². The minimum Gasteiger partial charge on any atom is -0.497 e. The van der Waals surface area contributed by atoms with E-state index in [-0.39, 0.29) is 41.0 Å². The Morgan fingerprint density at radius 2 is 2.07 bits per heavy atom. The molecule has 0 aromatic heterocycles. The van der Waals surface area contributed by atoms with Crippen molar-refractivity contribution >= 4 is 5.97 Å². The molecule has 0 radical (unpaired) electrons. The van der Waals surface area contributed by atoms with Crippen LogP contribution in [0, 0.1) is 23.2 Å². The number of rotatable bonds is 5. The van der Waals surface area contributed by atoms with E-state index < -0.39 is 0 Å². The summed E-state index contributed by atoms with van der Waals surface area (Å²) < 4.78 is 17.6. The second kappa shape index (κ2) is 6.46. The van der Waals surface area contributed by atoms with Gasteiger partial charge in [0, 0.05) is 24.4 Å². The zero-order chi connectivity index (χ0) is 19.5. The maximum absolute atomic E-state index is 12.7. The maximum Gasteiger partial charge on any atom is 0.311 e. The number of benzene rings is 1. The molecule has 1 aromatic carbocycles. The van der Waals surface area contributed by atoms with E-state index in [1.807, 2.05) is 12.1 Å². The van der Waals surface area contributed by atoms with Gasteiger partial charge in [0.05, 0.1) is 19.1 Å². The van der Waals surface area contributed by atoms with E-state index in [0.29, 0.717) is 12.5 Å². The number of esters is 1. The first-order chi connectivity index (χ1) is 13.5. The second-order valence-electron chi connectivity index (χ2n) is 9.53. The lowest BCUT2D eigenvalue weighted by atomic mass is 9.53. The van der Waals surface area contributed by atoms with Gasteiger partial charge in [0.2, 0.25) is 0 Å². The van der Waals surface area contributed by atoms with E-state index in [2.05, 4.69) is 31.3 Å². The molecule has 4 fully saturated rings. The monoisotopic (exact) mass is 385 g/mol. The Labute approximate surface area is 167 Å². The second-order valence-corrected chi connectivity index (χ2v) is 9.53. The fourth-order valence-corrected chi connectivity index (χ4v) is 6.58. The summed E-state index contributed by atoms with van der Waals surface area (Å²) in [5, 5.41) is 3.48. The van der Waals surface area contributed by atoms with Gasteiger partial charge in [0.15, 0.2) is 0 Å². The van der Waals surface area contributed by atoms with Crippen molar-refractivity contribution in [3.63, 3.8) is 0 Å². The molecule has 28 heavy (non-hydrogen) atoms. The van der Waals surface area contributed by atoms with Crippen molar-refractivity contribution in [1.29, 1.82) is 0 Å². The van der Waals surface area contributed by atoms with E-state index in [4.69, 9.17) is 14.2 Å². The van der Waals surface area contributed by atoms with Crippen molar-refractivity contribution < 1.29 is 19.0 Å². The van der Waals surface area contributed by atoms with Gasteiger partial charge in [-0.25, -0.2) is 0 Å². The van der Waals surface area contributed by atoms with Crippen LogP contribution in [0.15, 0.2) is 24.3 Å². The van der Waals surface area contributed by atoms with Gasteiger partial charge in [-0.2, -0.15) is 0 Å². The van der Waals surface area contributed by atoms with Crippen molar-refractivity contribution in [2.75, 3.05) is 13.7 Å². The molecule has 0 unspecified atom stereocenters. The first-order valence-corrected chi connectivity index (χ1v) is 10.7. The minimum atomic E-state index is -0.105. The first-order valence-electron chi connectivity index (χ1n) is 10.7. The molecule has 2 saturated heterocycles. The number of hydrogen-bond acceptors (Lipinski definition) is 5. The summed E-state index contributed by atoms with van der Waals surface area (Å²) in [6.07, 6.45) is 4.85. The zero-order valence-corrected chi connectivity index (χ0v) is 17.1. The molecular formula is C23H31NO4. The van der Waals surface area contributed by atoms with E-state index in [1.165, 1.54) is 24.8 Å². The molecule has 2 saturated carbocycles. The third-order valence-corrected chi connectivity index (χ3v) is 8.05. The number of carbonyl (C=O) groups is 1. The average molecular weight is 386 g/mol. The van der Waals surface area contributed by atoms with Crippen LogP contribution in [-0.2, 0) is 20.8 Å². The van der Waals surface area contributed by atoms with Gasteiger partial charge in [0.25, 0.3) is 0 Å². The fraction of sp³-hybridized carbons (Fsp3) is 0.696. The third-order valence-electron chi connectivity index (χ3n) is 8.05. The predicted octanol–water partition coefficient (Wildman–Crippen LogP) is 3.31. The molecule has 5 heteroatoms. The molecule has 5 rings (SSSR count). The first kappa shape index (κ1) is 18.4. The summed E-state index contributed by atoms with van der Waals surface area (Å²) in [6, 6.07) is 8.03. The molecule has 0 amide bonds. The Morgan fingerprint density at radius 1 is 1.29 bits per heavy atom. The molecule has 2 aliphatic carbocycles. The van der Waals surface area contributed by atoms with E-state index in [9.17, 15) is 4.79 Å². The highest BCUT2D eigenvalue weighted by Crippen LogP contribution is 2.70. The highest BCUT2D eigenvalue weighted by atomic mass is 16.6. The Morgan fingerprint density at radius 3 is 2.82 bits per heavy atom. The van der Waals surface area contributed by atoms with E-state index in [1.54, 1.807) is 7.11 Å². The molecule has 1 aromatic rings. The molecule has 2 heterocycles. The molecule has 152 valence electrons. The van der Waals surface area contributed by atoms with Crippen LogP contribution in [0.25, 0.3) is 0 Å². The molecule has 5 nitrogen and oxygen atoms in total. The quantitative estimate of drug-likeness (QED) is 0.622. The van der Waals surface area contributed by atoms with Crippen LogP contribution in [0.1, 0.15) is 45.1 Å². The predicted molar refractivity (Wildman–Crippen MR) is 105 cm³/mol. The molecule has 0 bridgehead atoms. The van der Waals surface area contributed by atoms with Crippen LogP contribution >= 0.6 is 0 Å². The number of methoxy groups -OCH3 is 1. The lowest BCUT2D eigenvalue weighted by Gasteiger charge is -2.48. The SMILES string of the molecule is COc1ccc(CNC[C@H]2C(=O)O[C@@H]3C[C@]4(C)CCC[C@@H](C)[C@]45O[C@H]5[C@H]32)cc1. The van der Waals surface area contributed by atoms with Gasteiger partial charge in [-0.15, -0.1) is 0 Å². The third kappa shape index (κ3) is 2.55. The lowest BCUT2D eigenvalue weighted by Crippen LogP contribution is -2.54. The van der Waals surface area contributed by atoms with E-state index in [0.717, 1.165) is 18.7 Å². The number of fused-ring (bicyclic) bond motifs is 2. The van der Waals surface area contributed by atoms with Crippen molar-refractivity contribution in [3.8, 4) is 5.75 Å². The number of hydrogen-bond donors (Lipinski definition) is 1. The Bertz CT molecular complexity index is 764. The van der Waals surface area contributed by atoms with Crippen molar-refractivity contribution in [1.82, 2.24) is 5.32 Å². The number of ether oxygens (including phenoxy) is 3. The standard InChI is InChI=1S/C23H31NO4/c1-14-5-4-10-22(2)11-18-19(20-23(14,22)28-20)17(21(25)27-18)13-24-12-15-6-8-16(26-3)9-7-15/h6-9,14,17-20,24H,4-5,10-13H2,1-3H3/t14-,17-,18-,19+,20+,22+,23-/m1/s1. The number of carbonyl (C=O) groups excluding carboxylic acids is 1. The van der Waals surface area contributed by atoms with Crippen LogP contribution in [0.4, 0.5) is 0 Å². The summed E-state index contributed by atoms with van der Waals surface area (Å²) >= 11 is 0. The highest BCUT2D eigenvalue weighted by molar-refractivity contribution is 5.76. The topological polar surface area (TPSA) is 60.1 Å². The number of epoxide rings is 1. The molecule has 7 atom stereocenters. The molecule has 1 N–H and O–H groups in total. The van der Waals surface area contributed by atoms with E-state index >= 15 is 0 Å². The van der Waals surface area contributed by atoms with Gasteiger partial charge >= 0.3 is 5.97 Å². The van der Waals surface area contributed by atoms with Crippen LogP contribution in [-0.4, -0.2) is 37.4 Å². The van der Waals surface area contributed by atoms with Crippen LogP contribution in [0.2, 0.25) is 0 Å². The Balaban J connectivity index is 1.27. The molecule has 4 aliphatic rings. The van der Waals surface area contributed by atoms with Gasteiger partial charge in [-0.05, 0) is 42.9 Å². The Hall–Kier alpha value is -1.59. The molecular weight excluding hydrogens is 354 g/mol. The highest BCUT2D eigenvalue weighted by Gasteiger charge is 2.78. The zero-order valence-electron chi connectivity index (χ0n) is 17.1. The summed E-state index contributed by atoms with van der Waals surface area (Å²) in [5.74, 6) is 1.48. The summed E-state index contributed by atoms with van der Waals surface area (Å²) in [7, 11) is 1.67. The van der Waals surface area contributed by atoms with Gasteiger partial charge < -0.3 is 19.5 Å². The number of nitrogens with one attached hydrogen (secondary N) is 1. The maximum atomic E-state index is 12.7. The van der Waals surface area contributed by atoms with Crippen LogP contribution in [0.3, 0.4) is 0 Å². The normalized spacial score (nSPS) is 43.5. The smallest absolute Gasteiger partial charge is 0.311 e. The molecule has 2 aliphatic heterocycles. The van der Waals surface area contributed by atoms with Gasteiger partial charge in [-0.1, -0.05) is 32.4 Å². The van der Waals surface area contributed by atoms with Crippen molar-refractivity contribution in [2.24, 2.45) is 23.2 Å². The Kier molecular flexibility index (Phi) is 4.25. The van der Waals surface area contributed by atoms with Crippen LogP contribution in [0.5, 0.6) is 5.75 Å². The fourth-order valence-electron chi connectivity index (χ4n) is 6.58. The van der Waals surface area contributed by atoms with Gasteiger partial charge in [0.1, 0.15) is 17.5 Å². The molecule has 1 spiro atoms.